The van der Waals surface area contributed by atoms with Crippen LogP contribution in [-0.4, -0.2) is 35.6 Å². The van der Waals surface area contributed by atoms with Gasteiger partial charge in [-0.05, 0) is 50.8 Å². The van der Waals surface area contributed by atoms with Gasteiger partial charge in [-0.2, -0.15) is 0 Å². The first-order chi connectivity index (χ1) is 13.7. The van der Waals surface area contributed by atoms with Gasteiger partial charge in [-0.15, -0.1) is 11.3 Å². The third-order valence-corrected chi connectivity index (χ3v) is 6.20. The molecule has 1 aromatic carbocycles. The molecule has 0 radical (unpaired) electrons. The average molecular weight is 397 g/mol. The van der Waals surface area contributed by atoms with E-state index in [9.17, 15) is 4.79 Å². The Balaban J connectivity index is 1.68. The molecule has 7 heteroatoms. The molecule has 0 atom stereocenters. The zero-order valence-electron chi connectivity index (χ0n) is 16.2. The van der Waals surface area contributed by atoms with Crippen molar-refractivity contribution in [2.75, 3.05) is 29.9 Å². The molecule has 1 N–H and O–H groups in total. The molecule has 0 saturated carbocycles. The quantitative estimate of drug-likeness (QED) is 0.680. The van der Waals surface area contributed by atoms with Crippen LogP contribution in [0.25, 0.3) is 10.2 Å². The second-order valence-corrected chi connectivity index (χ2v) is 7.86. The summed E-state index contributed by atoms with van der Waals surface area (Å²) in [7, 11) is 0. The van der Waals surface area contributed by atoms with E-state index in [4.69, 9.17) is 4.74 Å². The lowest BCUT2D eigenvalue weighted by molar-refractivity contribution is 0.102. The standard InChI is InChI=1S/C21H24N4O2S/c1-3-27-16-10-6-5-9-15(16)24-20(26)18-14(2)17-19(22-13-23-21(17)28-18)25-11-7-4-8-12-25/h5-6,9-10,13H,3-4,7-8,11-12H2,1-2H3,(H,24,26). The monoisotopic (exact) mass is 396 g/mol. The Labute approximate surface area is 168 Å². The van der Waals surface area contributed by atoms with Gasteiger partial charge in [-0.3, -0.25) is 4.79 Å². The van der Waals surface area contributed by atoms with Crippen LogP contribution in [0.4, 0.5) is 11.5 Å². The minimum Gasteiger partial charge on any atom is -0.492 e. The van der Waals surface area contributed by atoms with E-state index in [1.54, 1.807) is 6.33 Å². The van der Waals surface area contributed by atoms with Crippen molar-refractivity contribution < 1.29 is 9.53 Å². The van der Waals surface area contributed by atoms with Gasteiger partial charge in [0.05, 0.1) is 22.6 Å². The number of benzene rings is 1. The number of para-hydroxylation sites is 2. The Kier molecular flexibility index (Phi) is 5.43. The van der Waals surface area contributed by atoms with E-state index in [1.165, 1.54) is 30.6 Å². The highest BCUT2D eigenvalue weighted by atomic mass is 32.1. The van der Waals surface area contributed by atoms with Gasteiger partial charge in [-0.25, -0.2) is 9.97 Å². The Bertz CT molecular complexity index is 995. The van der Waals surface area contributed by atoms with Gasteiger partial charge in [0.25, 0.3) is 5.91 Å². The molecule has 1 amide bonds. The molecule has 1 fully saturated rings. The zero-order chi connectivity index (χ0) is 19.5. The Hall–Kier alpha value is -2.67. The number of nitrogens with zero attached hydrogens (tertiary/aromatic N) is 3. The largest absolute Gasteiger partial charge is 0.492 e. The minimum atomic E-state index is -0.141. The summed E-state index contributed by atoms with van der Waals surface area (Å²) in [6, 6.07) is 7.49. The summed E-state index contributed by atoms with van der Waals surface area (Å²) < 4.78 is 5.62. The van der Waals surface area contributed by atoms with E-state index in [1.807, 2.05) is 38.1 Å². The van der Waals surface area contributed by atoms with Crippen molar-refractivity contribution >= 4 is 39.0 Å². The van der Waals surface area contributed by atoms with Crippen LogP contribution in [0.15, 0.2) is 30.6 Å². The van der Waals surface area contributed by atoms with E-state index < -0.39 is 0 Å². The topological polar surface area (TPSA) is 67.3 Å². The van der Waals surface area contributed by atoms with Crippen molar-refractivity contribution in [2.24, 2.45) is 0 Å². The zero-order valence-corrected chi connectivity index (χ0v) is 17.0. The number of anilines is 2. The normalized spacial score (nSPS) is 14.3. The fourth-order valence-corrected chi connectivity index (χ4v) is 4.68. The third-order valence-electron chi connectivity index (χ3n) is 5.00. The van der Waals surface area contributed by atoms with Gasteiger partial charge in [0.2, 0.25) is 0 Å². The fraction of sp³-hybridized carbons (Fsp3) is 0.381. The van der Waals surface area contributed by atoms with Crippen LogP contribution in [0.1, 0.15) is 41.4 Å². The van der Waals surface area contributed by atoms with Gasteiger partial charge < -0.3 is 15.0 Å². The summed E-state index contributed by atoms with van der Waals surface area (Å²) in [6.07, 6.45) is 5.22. The first-order valence-corrected chi connectivity index (χ1v) is 10.5. The molecule has 0 spiro atoms. The summed E-state index contributed by atoms with van der Waals surface area (Å²) >= 11 is 1.42. The molecule has 4 rings (SSSR count). The molecule has 146 valence electrons. The van der Waals surface area contributed by atoms with Gasteiger partial charge in [0.1, 0.15) is 22.7 Å². The number of ether oxygens (including phenoxy) is 1. The Morgan fingerprint density at radius 1 is 1.21 bits per heavy atom. The Morgan fingerprint density at radius 3 is 2.79 bits per heavy atom. The van der Waals surface area contributed by atoms with E-state index >= 15 is 0 Å². The maximum Gasteiger partial charge on any atom is 0.266 e. The highest BCUT2D eigenvalue weighted by Crippen LogP contribution is 2.36. The van der Waals surface area contributed by atoms with Crippen molar-refractivity contribution in [2.45, 2.75) is 33.1 Å². The fourth-order valence-electron chi connectivity index (χ4n) is 3.65. The van der Waals surface area contributed by atoms with Gasteiger partial charge in [0, 0.05) is 13.1 Å². The SMILES string of the molecule is CCOc1ccccc1NC(=O)c1sc2ncnc(N3CCCCC3)c2c1C. The number of aryl methyl sites for hydroxylation is 1. The average Bonchev–Trinajstić information content (AvgIpc) is 3.07. The number of carbonyl (C=O) groups is 1. The lowest BCUT2D eigenvalue weighted by atomic mass is 10.1. The van der Waals surface area contributed by atoms with E-state index in [2.05, 4.69) is 20.2 Å². The molecule has 2 aromatic heterocycles. The number of fused-ring (bicyclic) bond motifs is 1. The maximum absolute atomic E-state index is 13.0. The van der Waals surface area contributed by atoms with Gasteiger partial charge >= 0.3 is 0 Å². The first-order valence-electron chi connectivity index (χ1n) is 9.71. The second kappa shape index (κ2) is 8.14. The van der Waals surface area contributed by atoms with Crippen LogP contribution < -0.4 is 15.0 Å². The predicted molar refractivity (Wildman–Crippen MR) is 114 cm³/mol. The molecule has 3 heterocycles. The smallest absolute Gasteiger partial charge is 0.266 e. The molecule has 0 unspecified atom stereocenters. The van der Waals surface area contributed by atoms with Crippen molar-refractivity contribution in [3.63, 3.8) is 0 Å². The van der Waals surface area contributed by atoms with Crippen LogP contribution in [0.2, 0.25) is 0 Å². The maximum atomic E-state index is 13.0. The molecule has 1 aliphatic heterocycles. The van der Waals surface area contributed by atoms with Crippen LogP contribution in [-0.2, 0) is 0 Å². The van der Waals surface area contributed by atoms with Gasteiger partial charge in [0.15, 0.2) is 0 Å². The van der Waals surface area contributed by atoms with Crippen LogP contribution in [0.5, 0.6) is 5.75 Å². The summed E-state index contributed by atoms with van der Waals surface area (Å²) in [5.74, 6) is 1.48. The number of piperidine rings is 1. The summed E-state index contributed by atoms with van der Waals surface area (Å²) in [5, 5.41) is 3.99. The van der Waals surface area contributed by atoms with Gasteiger partial charge in [-0.1, -0.05) is 12.1 Å². The number of rotatable bonds is 5. The molecule has 1 saturated heterocycles. The number of thiophene rings is 1. The van der Waals surface area contributed by atoms with Crippen LogP contribution in [0, 0.1) is 6.92 Å². The van der Waals surface area contributed by atoms with Crippen molar-refractivity contribution in [1.29, 1.82) is 0 Å². The highest BCUT2D eigenvalue weighted by Gasteiger charge is 2.23. The van der Waals surface area contributed by atoms with Crippen LogP contribution in [0.3, 0.4) is 0 Å². The summed E-state index contributed by atoms with van der Waals surface area (Å²) in [5.41, 5.74) is 1.61. The number of amides is 1. The van der Waals surface area contributed by atoms with E-state index in [-0.39, 0.29) is 5.91 Å². The Morgan fingerprint density at radius 2 is 2.00 bits per heavy atom. The van der Waals surface area contributed by atoms with E-state index in [0.29, 0.717) is 22.9 Å². The number of hydrogen-bond donors (Lipinski definition) is 1. The predicted octanol–water partition coefficient (Wildman–Crippen LogP) is 4.64. The van der Waals surface area contributed by atoms with Crippen molar-refractivity contribution in [1.82, 2.24) is 9.97 Å². The van der Waals surface area contributed by atoms with Crippen molar-refractivity contribution in [3.05, 3.63) is 41.0 Å². The highest BCUT2D eigenvalue weighted by molar-refractivity contribution is 7.20. The lowest BCUT2D eigenvalue weighted by Crippen LogP contribution is -2.30. The minimum absolute atomic E-state index is 0.141. The summed E-state index contributed by atoms with van der Waals surface area (Å²) in [6.45, 7) is 6.47. The number of aromatic nitrogens is 2. The van der Waals surface area contributed by atoms with Crippen molar-refractivity contribution in [3.8, 4) is 5.75 Å². The number of hydrogen-bond acceptors (Lipinski definition) is 6. The molecule has 0 bridgehead atoms. The van der Waals surface area contributed by atoms with E-state index in [0.717, 1.165) is 34.7 Å². The molecule has 1 aliphatic rings. The molecular weight excluding hydrogens is 372 g/mol. The number of nitrogens with one attached hydrogen (secondary N) is 1. The molecule has 6 nitrogen and oxygen atoms in total. The number of carbonyl (C=O) groups excluding carboxylic acids is 1. The molecule has 28 heavy (non-hydrogen) atoms. The lowest BCUT2D eigenvalue weighted by Gasteiger charge is -2.28. The molecule has 0 aliphatic carbocycles. The summed E-state index contributed by atoms with van der Waals surface area (Å²) in [4.78, 5) is 25.9. The first kappa shape index (κ1) is 18.7. The third kappa shape index (κ3) is 3.54. The molecular formula is C21H24N4O2S. The van der Waals surface area contributed by atoms with Crippen LogP contribution >= 0.6 is 11.3 Å². The molecule has 3 aromatic rings. The second-order valence-electron chi connectivity index (χ2n) is 6.86.